The Labute approximate surface area is 188 Å². The van der Waals surface area contributed by atoms with Crippen LogP contribution in [0, 0.1) is 0 Å². The van der Waals surface area contributed by atoms with Gasteiger partial charge in [-0.05, 0) is 30.2 Å². The molecule has 1 aliphatic heterocycles. The number of hydrogen-bond acceptors (Lipinski definition) is 8. The number of nitrogens with zero attached hydrogens (tertiary/aromatic N) is 7. The summed E-state index contributed by atoms with van der Waals surface area (Å²) >= 11 is 0. The summed E-state index contributed by atoms with van der Waals surface area (Å²) in [5.41, 5.74) is 2.02. The van der Waals surface area contributed by atoms with Gasteiger partial charge in [-0.3, -0.25) is 9.55 Å². The highest BCUT2D eigenvalue weighted by atomic mass is 19.3. The van der Waals surface area contributed by atoms with Crippen molar-refractivity contribution in [3.05, 3.63) is 60.2 Å². The number of rotatable bonds is 7. The van der Waals surface area contributed by atoms with E-state index in [0.717, 1.165) is 5.56 Å². The van der Waals surface area contributed by atoms with Crippen LogP contribution in [0.15, 0.2) is 48.8 Å². The molecule has 1 N–H and O–H groups in total. The highest BCUT2D eigenvalue weighted by Crippen LogP contribution is 2.27. The Morgan fingerprint density at radius 3 is 2.58 bits per heavy atom. The van der Waals surface area contributed by atoms with Gasteiger partial charge in [0.2, 0.25) is 17.8 Å². The molecular formula is C22H22F2N8O. The van der Waals surface area contributed by atoms with Crippen molar-refractivity contribution in [3.8, 4) is 5.95 Å². The number of ether oxygens (including phenoxy) is 1. The van der Waals surface area contributed by atoms with Gasteiger partial charge in [0.25, 0.3) is 6.43 Å². The molecule has 1 fully saturated rings. The average molecular weight is 452 g/mol. The maximum Gasteiger partial charge on any atom is 0.296 e. The van der Waals surface area contributed by atoms with E-state index < -0.39 is 12.2 Å². The third kappa shape index (κ3) is 4.58. The first-order valence-electron chi connectivity index (χ1n) is 10.7. The Bertz CT molecular complexity index is 1230. The molecule has 33 heavy (non-hydrogen) atoms. The van der Waals surface area contributed by atoms with E-state index in [9.17, 15) is 8.78 Å². The molecule has 0 radical (unpaired) electrons. The predicted molar refractivity (Wildman–Crippen MR) is 119 cm³/mol. The number of halogens is 2. The van der Waals surface area contributed by atoms with Crippen LogP contribution in [0.25, 0.3) is 17.0 Å². The molecule has 0 atom stereocenters. The third-order valence-electron chi connectivity index (χ3n) is 5.31. The Balaban J connectivity index is 1.53. The Kier molecular flexibility index (Phi) is 6.03. The lowest BCUT2D eigenvalue weighted by Crippen LogP contribution is -2.37. The zero-order valence-corrected chi connectivity index (χ0v) is 17.7. The van der Waals surface area contributed by atoms with Crippen molar-refractivity contribution in [2.24, 2.45) is 0 Å². The molecule has 0 unspecified atom stereocenters. The van der Waals surface area contributed by atoms with Crippen LogP contribution in [-0.2, 0) is 11.2 Å². The Morgan fingerprint density at radius 2 is 1.79 bits per heavy atom. The lowest BCUT2D eigenvalue weighted by atomic mass is 10.2. The first kappa shape index (κ1) is 21.1. The van der Waals surface area contributed by atoms with Gasteiger partial charge in [0.1, 0.15) is 0 Å². The summed E-state index contributed by atoms with van der Waals surface area (Å²) in [6, 6.07) is 10.8. The third-order valence-corrected chi connectivity index (χ3v) is 5.31. The second-order valence-corrected chi connectivity index (χ2v) is 7.49. The normalized spacial score (nSPS) is 14.2. The minimum Gasteiger partial charge on any atom is -0.378 e. The van der Waals surface area contributed by atoms with E-state index >= 15 is 0 Å². The number of hydrogen-bond donors (Lipinski definition) is 1. The number of anilines is 2. The molecule has 1 aromatic carbocycles. The van der Waals surface area contributed by atoms with Crippen LogP contribution < -0.4 is 10.2 Å². The van der Waals surface area contributed by atoms with Crippen LogP contribution in [0.3, 0.4) is 0 Å². The van der Waals surface area contributed by atoms with Crippen molar-refractivity contribution in [1.29, 1.82) is 0 Å². The monoisotopic (exact) mass is 452 g/mol. The van der Waals surface area contributed by atoms with Gasteiger partial charge in [0.05, 0.1) is 24.2 Å². The molecule has 0 amide bonds. The van der Waals surface area contributed by atoms with E-state index in [1.807, 2.05) is 17.0 Å². The van der Waals surface area contributed by atoms with Crippen molar-refractivity contribution in [2.45, 2.75) is 12.8 Å². The topological polar surface area (TPSA) is 93.9 Å². The SMILES string of the molecule is FC(F)c1nc2ccccc2n1-c1nc(NCCc2cccnc2)nc(N2CCOCC2)n1. The van der Waals surface area contributed by atoms with Gasteiger partial charge >= 0.3 is 0 Å². The molecule has 3 aromatic heterocycles. The van der Waals surface area contributed by atoms with Gasteiger partial charge in [-0.1, -0.05) is 18.2 Å². The number of benzene rings is 1. The highest BCUT2D eigenvalue weighted by Gasteiger charge is 2.24. The van der Waals surface area contributed by atoms with Crippen molar-refractivity contribution >= 4 is 22.9 Å². The number of para-hydroxylation sites is 2. The molecule has 9 nitrogen and oxygen atoms in total. The number of pyridine rings is 1. The number of imidazole rings is 1. The van der Waals surface area contributed by atoms with E-state index in [-0.39, 0.29) is 5.95 Å². The minimum absolute atomic E-state index is 0.0966. The van der Waals surface area contributed by atoms with Crippen molar-refractivity contribution in [1.82, 2.24) is 29.5 Å². The van der Waals surface area contributed by atoms with E-state index in [0.29, 0.717) is 62.2 Å². The van der Waals surface area contributed by atoms with E-state index in [4.69, 9.17) is 4.74 Å². The van der Waals surface area contributed by atoms with Gasteiger partial charge in [-0.2, -0.15) is 15.0 Å². The molecule has 4 heterocycles. The number of morpholine rings is 1. The standard InChI is InChI=1S/C22H22F2N8O/c23-18(24)19-27-16-5-1-2-6-17(16)32(19)22-29-20(26-9-7-15-4-3-8-25-14-15)28-21(30-22)31-10-12-33-13-11-31/h1-6,8,14,18H,7,9-13H2,(H,26,28,29,30). The lowest BCUT2D eigenvalue weighted by Gasteiger charge is -2.27. The van der Waals surface area contributed by atoms with E-state index in [1.54, 1.807) is 36.7 Å². The molecule has 4 aromatic rings. The molecule has 1 saturated heterocycles. The average Bonchev–Trinajstić information content (AvgIpc) is 3.25. The maximum absolute atomic E-state index is 13.9. The molecule has 1 aliphatic rings. The van der Waals surface area contributed by atoms with Crippen molar-refractivity contribution < 1.29 is 13.5 Å². The second kappa shape index (κ2) is 9.41. The van der Waals surface area contributed by atoms with Crippen LogP contribution in [0.2, 0.25) is 0 Å². The molecular weight excluding hydrogens is 430 g/mol. The van der Waals surface area contributed by atoms with Crippen LogP contribution in [-0.4, -0.2) is 62.3 Å². The largest absolute Gasteiger partial charge is 0.378 e. The number of alkyl halides is 2. The van der Waals surface area contributed by atoms with Crippen LogP contribution in [0.5, 0.6) is 0 Å². The van der Waals surface area contributed by atoms with Crippen molar-refractivity contribution in [2.75, 3.05) is 43.1 Å². The Morgan fingerprint density at radius 1 is 0.970 bits per heavy atom. The van der Waals surface area contributed by atoms with Crippen LogP contribution in [0.4, 0.5) is 20.7 Å². The Hall–Kier alpha value is -3.73. The summed E-state index contributed by atoms with van der Waals surface area (Å²) in [6.45, 7) is 2.84. The maximum atomic E-state index is 13.9. The van der Waals surface area contributed by atoms with E-state index in [2.05, 4.69) is 30.2 Å². The molecule has 11 heteroatoms. The fourth-order valence-electron chi connectivity index (χ4n) is 3.70. The number of fused-ring (bicyclic) bond motifs is 1. The smallest absolute Gasteiger partial charge is 0.296 e. The molecule has 0 aliphatic carbocycles. The summed E-state index contributed by atoms with van der Waals surface area (Å²) in [7, 11) is 0. The summed E-state index contributed by atoms with van der Waals surface area (Å²) < 4.78 is 34.5. The van der Waals surface area contributed by atoms with Crippen molar-refractivity contribution in [3.63, 3.8) is 0 Å². The first-order valence-corrected chi connectivity index (χ1v) is 10.7. The van der Waals surface area contributed by atoms with Gasteiger partial charge < -0.3 is 15.0 Å². The number of nitrogens with one attached hydrogen (secondary N) is 1. The minimum atomic E-state index is -2.79. The van der Waals surface area contributed by atoms with E-state index in [1.165, 1.54) is 4.57 Å². The lowest BCUT2D eigenvalue weighted by molar-refractivity contribution is 0.122. The van der Waals surface area contributed by atoms with Gasteiger partial charge in [0.15, 0.2) is 5.82 Å². The second-order valence-electron chi connectivity index (χ2n) is 7.49. The first-order chi connectivity index (χ1) is 16.2. The molecule has 0 spiro atoms. The quantitative estimate of drug-likeness (QED) is 0.457. The molecule has 0 saturated carbocycles. The molecule has 0 bridgehead atoms. The fourth-order valence-corrected chi connectivity index (χ4v) is 3.70. The van der Waals surface area contributed by atoms with Gasteiger partial charge in [-0.25, -0.2) is 13.8 Å². The van der Waals surface area contributed by atoms with Crippen LogP contribution >= 0.6 is 0 Å². The zero-order valence-electron chi connectivity index (χ0n) is 17.7. The molecule has 5 rings (SSSR count). The summed E-state index contributed by atoms with van der Waals surface area (Å²) in [5.74, 6) is 0.407. The number of aromatic nitrogens is 6. The highest BCUT2D eigenvalue weighted by molar-refractivity contribution is 5.77. The summed E-state index contributed by atoms with van der Waals surface area (Å²) in [4.78, 5) is 23.8. The summed E-state index contributed by atoms with van der Waals surface area (Å²) in [5, 5.41) is 3.20. The predicted octanol–water partition coefficient (Wildman–Crippen LogP) is 3.03. The van der Waals surface area contributed by atoms with Gasteiger partial charge in [0, 0.05) is 32.0 Å². The summed E-state index contributed by atoms with van der Waals surface area (Å²) in [6.07, 6.45) is 1.44. The molecule has 170 valence electrons. The van der Waals surface area contributed by atoms with Gasteiger partial charge in [-0.15, -0.1) is 0 Å². The van der Waals surface area contributed by atoms with Crippen LogP contribution in [0.1, 0.15) is 17.8 Å². The fraction of sp³-hybridized carbons (Fsp3) is 0.318. The zero-order chi connectivity index (χ0) is 22.6.